The second-order valence-electron chi connectivity index (χ2n) is 6.26. The van der Waals surface area contributed by atoms with E-state index in [0.717, 1.165) is 5.69 Å². The number of hydrogen-bond acceptors (Lipinski definition) is 1. The van der Waals surface area contributed by atoms with E-state index < -0.39 is 0 Å². The Balaban J connectivity index is 1.92. The van der Waals surface area contributed by atoms with Crippen LogP contribution in [0.1, 0.15) is 36.8 Å². The number of benzene rings is 1. The van der Waals surface area contributed by atoms with E-state index in [1.165, 1.54) is 24.0 Å². The second kappa shape index (κ2) is 3.72. The molecule has 4 aliphatic rings. The number of allylic oxidation sites excluding steroid dienone is 1. The molecule has 0 N–H and O–H groups in total. The molecule has 1 aromatic carbocycles. The lowest BCUT2D eigenvalue weighted by molar-refractivity contribution is -0.117. The van der Waals surface area contributed by atoms with Crippen molar-refractivity contribution >= 4 is 11.6 Å². The molecule has 2 heteroatoms. The first kappa shape index (κ1) is 11.3. The van der Waals surface area contributed by atoms with Crippen LogP contribution in [-0.2, 0) is 4.79 Å². The summed E-state index contributed by atoms with van der Waals surface area (Å²) in [4.78, 5) is 14.2. The van der Waals surface area contributed by atoms with Gasteiger partial charge < -0.3 is 4.90 Å². The van der Waals surface area contributed by atoms with E-state index in [1.54, 1.807) is 6.92 Å². The summed E-state index contributed by atoms with van der Waals surface area (Å²) in [6, 6.07) is 6.94. The van der Waals surface area contributed by atoms with Crippen LogP contribution in [0.25, 0.3) is 0 Å². The average molecular weight is 253 g/mol. The van der Waals surface area contributed by atoms with Crippen molar-refractivity contribution in [2.45, 2.75) is 38.6 Å². The van der Waals surface area contributed by atoms with E-state index in [-0.39, 0.29) is 5.91 Å². The summed E-state index contributed by atoms with van der Waals surface area (Å²) in [7, 11) is 0. The number of amides is 1. The normalized spacial score (nSPS) is 34.3. The third-order valence-electron chi connectivity index (χ3n) is 5.15. The summed E-state index contributed by atoms with van der Waals surface area (Å²) in [5.74, 6) is 1.90. The minimum atomic E-state index is 0.193. The van der Waals surface area contributed by atoms with E-state index in [9.17, 15) is 4.79 Å². The third-order valence-corrected chi connectivity index (χ3v) is 5.15. The Hall–Kier alpha value is -1.57. The van der Waals surface area contributed by atoms with Crippen LogP contribution in [0, 0.1) is 18.8 Å². The summed E-state index contributed by atoms with van der Waals surface area (Å²) in [5, 5.41) is 0. The van der Waals surface area contributed by atoms with Gasteiger partial charge in [-0.05, 0) is 43.2 Å². The quantitative estimate of drug-likeness (QED) is 0.649. The van der Waals surface area contributed by atoms with Gasteiger partial charge in [0.25, 0.3) is 0 Å². The first-order valence-electron chi connectivity index (χ1n) is 7.25. The average Bonchev–Trinajstić information content (AvgIpc) is 2.76. The topological polar surface area (TPSA) is 20.3 Å². The van der Waals surface area contributed by atoms with Crippen LogP contribution in [0.2, 0.25) is 0 Å². The summed E-state index contributed by atoms with van der Waals surface area (Å²) >= 11 is 0. The van der Waals surface area contributed by atoms with Gasteiger partial charge in [0, 0.05) is 18.5 Å². The molecule has 0 saturated heterocycles. The van der Waals surface area contributed by atoms with Crippen molar-refractivity contribution in [3.8, 4) is 0 Å². The first-order chi connectivity index (χ1) is 9.16. The lowest BCUT2D eigenvalue weighted by Crippen LogP contribution is -2.48. The Morgan fingerprint density at radius 1 is 1.21 bits per heavy atom. The Morgan fingerprint density at radius 3 is 2.63 bits per heavy atom. The van der Waals surface area contributed by atoms with Crippen molar-refractivity contribution in [1.29, 1.82) is 0 Å². The van der Waals surface area contributed by atoms with E-state index in [1.807, 2.05) is 0 Å². The smallest absolute Gasteiger partial charge is 0.224 e. The van der Waals surface area contributed by atoms with Crippen molar-refractivity contribution in [1.82, 2.24) is 0 Å². The summed E-state index contributed by atoms with van der Waals surface area (Å²) in [6.45, 7) is 3.85. The number of fused-ring (bicyclic) bond motifs is 2. The first-order valence-corrected chi connectivity index (χ1v) is 7.25. The molecule has 0 aromatic heterocycles. The molecule has 98 valence electrons. The van der Waals surface area contributed by atoms with Gasteiger partial charge in [-0.25, -0.2) is 0 Å². The molecular weight excluding hydrogens is 234 g/mol. The zero-order chi connectivity index (χ0) is 13.1. The van der Waals surface area contributed by atoms with Gasteiger partial charge in [0.05, 0.1) is 6.04 Å². The van der Waals surface area contributed by atoms with E-state index in [4.69, 9.17) is 0 Å². The number of hydrogen-bond donors (Lipinski definition) is 0. The standard InChI is InChI=1S/C17H19NO/c1-10-3-8-15-14(9-10)16-12-4-6-13(7-5-12)17(16)18(15)11(2)19/h3-4,6,8-9,12-13,16-17H,5,7H2,1-2H3/t12-,13+,16+,17+/m1/s1. The van der Waals surface area contributed by atoms with Gasteiger partial charge >= 0.3 is 0 Å². The minimum absolute atomic E-state index is 0.193. The molecule has 19 heavy (non-hydrogen) atoms. The molecule has 1 heterocycles. The largest absolute Gasteiger partial charge is 0.308 e. The van der Waals surface area contributed by atoms with Gasteiger partial charge in [-0.2, -0.15) is 0 Å². The second-order valence-corrected chi connectivity index (χ2v) is 6.26. The maximum Gasteiger partial charge on any atom is 0.224 e. The van der Waals surface area contributed by atoms with Gasteiger partial charge in [-0.3, -0.25) is 4.79 Å². The SMILES string of the molecule is CC(=O)N1c2ccc(C)cc2[C@H]2[C@@H]1[C@H]1C=C[C@@H]2CC1. The molecule has 0 unspecified atom stereocenters. The van der Waals surface area contributed by atoms with Crippen LogP contribution in [0.15, 0.2) is 30.4 Å². The molecule has 2 nitrogen and oxygen atoms in total. The highest BCUT2D eigenvalue weighted by molar-refractivity contribution is 5.95. The Kier molecular flexibility index (Phi) is 2.21. The van der Waals surface area contributed by atoms with Gasteiger partial charge in [-0.1, -0.05) is 29.8 Å². The molecule has 1 saturated carbocycles. The van der Waals surface area contributed by atoms with Gasteiger partial charge in [0.2, 0.25) is 5.91 Å². The molecule has 0 spiro atoms. The lowest BCUT2D eigenvalue weighted by Gasteiger charge is -2.44. The van der Waals surface area contributed by atoms with Gasteiger partial charge in [-0.15, -0.1) is 0 Å². The molecular formula is C17H19NO. The van der Waals surface area contributed by atoms with Crippen molar-refractivity contribution in [3.05, 3.63) is 41.5 Å². The zero-order valence-electron chi connectivity index (χ0n) is 11.5. The highest BCUT2D eigenvalue weighted by Gasteiger charge is 2.50. The van der Waals surface area contributed by atoms with E-state index >= 15 is 0 Å². The fourth-order valence-electron chi connectivity index (χ4n) is 4.43. The van der Waals surface area contributed by atoms with Crippen LogP contribution < -0.4 is 4.90 Å². The molecule has 5 rings (SSSR count). The van der Waals surface area contributed by atoms with Crippen molar-refractivity contribution in [2.24, 2.45) is 11.8 Å². The number of rotatable bonds is 0. The highest BCUT2D eigenvalue weighted by Crippen LogP contribution is 2.55. The maximum atomic E-state index is 12.1. The fraction of sp³-hybridized carbons (Fsp3) is 0.471. The van der Waals surface area contributed by atoms with E-state index in [2.05, 4.69) is 42.2 Å². The fourth-order valence-corrected chi connectivity index (χ4v) is 4.43. The molecule has 3 aliphatic carbocycles. The zero-order valence-corrected chi connectivity index (χ0v) is 11.5. The molecule has 0 radical (unpaired) electrons. The number of carbonyl (C=O) groups excluding carboxylic acids is 1. The Morgan fingerprint density at radius 2 is 1.95 bits per heavy atom. The van der Waals surface area contributed by atoms with E-state index in [0.29, 0.717) is 23.8 Å². The third kappa shape index (κ3) is 1.40. The number of aryl methyl sites for hydroxylation is 1. The summed E-state index contributed by atoms with van der Waals surface area (Å²) in [5.41, 5.74) is 3.86. The highest BCUT2D eigenvalue weighted by atomic mass is 16.2. The molecule has 1 aliphatic heterocycles. The van der Waals surface area contributed by atoms with Crippen molar-refractivity contribution < 1.29 is 4.79 Å². The number of nitrogens with zero attached hydrogens (tertiary/aromatic N) is 1. The minimum Gasteiger partial charge on any atom is -0.308 e. The van der Waals surface area contributed by atoms with Gasteiger partial charge in [0.15, 0.2) is 0 Å². The Labute approximate surface area is 114 Å². The van der Waals surface area contributed by atoms with Crippen LogP contribution in [0.4, 0.5) is 5.69 Å². The van der Waals surface area contributed by atoms with Crippen molar-refractivity contribution in [3.63, 3.8) is 0 Å². The predicted octanol–water partition coefficient (Wildman–Crippen LogP) is 3.41. The molecule has 1 fully saturated rings. The predicted molar refractivity (Wildman–Crippen MR) is 76.2 cm³/mol. The van der Waals surface area contributed by atoms with Crippen LogP contribution in [-0.4, -0.2) is 11.9 Å². The van der Waals surface area contributed by atoms with Crippen LogP contribution in [0.3, 0.4) is 0 Å². The monoisotopic (exact) mass is 253 g/mol. The molecule has 4 atom stereocenters. The Bertz CT molecular complexity index is 589. The van der Waals surface area contributed by atoms with Gasteiger partial charge in [0.1, 0.15) is 0 Å². The summed E-state index contributed by atoms with van der Waals surface area (Å²) < 4.78 is 0. The van der Waals surface area contributed by atoms with Crippen LogP contribution >= 0.6 is 0 Å². The molecule has 2 bridgehead atoms. The van der Waals surface area contributed by atoms with Crippen LogP contribution in [0.5, 0.6) is 0 Å². The molecule has 1 amide bonds. The lowest BCUT2D eigenvalue weighted by atomic mass is 9.65. The summed E-state index contributed by atoms with van der Waals surface area (Å²) in [6.07, 6.45) is 7.26. The molecule has 1 aromatic rings. The van der Waals surface area contributed by atoms with Crippen molar-refractivity contribution in [2.75, 3.05) is 4.90 Å². The number of carbonyl (C=O) groups is 1. The maximum absolute atomic E-state index is 12.1. The number of anilines is 1.